The van der Waals surface area contributed by atoms with E-state index in [-0.39, 0.29) is 5.41 Å². The molecule has 102 valence electrons. The Kier molecular flexibility index (Phi) is 5.42. The largest absolute Gasteiger partial charge is 0.309 e. The summed E-state index contributed by atoms with van der Waals surface area (Å²) in [4.78, 5) is 0. The van der Waals surface area contributed by atoms with E-state index in [1.807, 2.05) is 0 Å². The maximum Gasteiger partial charge on any atom is 0.0369 e. The van der Waals surface area contributed by atoms with Crippen molar-refractivity contribution < 1.29 is 0 Å². The summed E-state index contributed by atoms with van der Waals surface area (Å²) in [6.45, 7) is 14.5. The molecule has 1 N–H and O–H groups in total. The van der Waals surface area contributed by atoms with Crippen LogP contribution in [0.15, 0.2) is 16.6 Å². The fraction of sp³-hybridized carbons (Fsp3) is 0.625. The third-order valence-electron chi connectivity index (χ3n) is 3.26. The van der Waals surface area contributed by atoms with Crippen molar-refractivity contribution in [1.82, 2.24) is 5.32 Å². The van der Waals surface area contributed by atoms with Gasteiger partial charge >= 0.3 is 0 Å². The summed E-state index contributed by atoms with van der Waals surface area (Å²) < 4.78 is 1.23. The maximum atomic E-state index is 3.68. The van der Waals surface area contributed by atoms with E-state index in [0.29, 0.717) is 6.04 Å². The molecule has 0 radical (unpaired) electrons. The highest BCUT2D eigenvalue weighted by Gasteiger charge is 2.26. The molecule has 1 aromatic rings. The zero-order valence-corrected chi connectivity index (χ0v) is 14.1. The van der Waals surface area contributed by atoms with Crippen LogP contribution in [0, 0.1) is 19.3 Å². The monoisotopic (exact) mass is 311 g/mol. The second kappa shape index (κ2) is 6.21. The van der Waals surface area contributed by atoms with Gasteiger partial charge in [0, 0.05) is 10.5 Å². The van der Waals surface area contributed by atoms with Crippen molar-refractivity contribution in [3.63, 3.8) is 0 Å². The Labute approximate surface area is 120 Å². The lowest BCUT2D eigenvalue weighted by Gasteiger charge is -2.33. The SMILES string of the molecule is CCCNC(c1cc(C)c(Br)c(C)c1)C(C)(C)C. The molecule has 0 heterocycles. The highest BCUT2D eigenvalue weighted by atomic mass is 79.9. The molecule has 2 heteroatoms. The second-order valence-electron chi connectivity index (χ2n) is 6.22. The molecule has 0 aliphatic heterocycles. The minimum Gasteiger partial charge on any atom is -0.309 e. The summed E-state index contributed by atoms with van der Waals surface area (Å²) in [5, 5.41) is 3.68. The molecule has 1 nitrogen and oxygen atoms in total. The molecule has 0 aromatic heterocycles. The van der Waals surface area contributed by atoms with Gasteiger partial charge in [-0.25, -0.2) is 0 Å². The van der Waals surface area contributed by atoms with E-state index in [0.717, 1.165) is 6.54 Å². The number of nitrogens with one attached hydrogen (secondary N) is 1. The molecule has 1 unspecified atom stereocenters. The van der Waals surface area contributed by atoms with Crippen LogP contribution >= 0.6 is 15.9 Å². The van der Waals surface area contributed by atoms with E-state index < -0.39 is 0 Å². The Morgan fingerprint density at radius 1 is 1.17 bits per heavy atom. The van der Waals surface area contributed by atoms with E-state index in [9.17, 15) is 0 Å². The Balaban J connectivity index is 3.13. The first-order valence-electron chi connectivity index (χ1n) is 6.77. The van der Waals surface area contributed by atoms with Gasteiger partial charge in [0.25, 0.3) is 0 Å². The number of hydrogen-bond acceptors (Lipinski definition) is 1. The normalized spacial score (nSPS) is 13.7. The third kappa shape index (κ3) is 3.83. The lowest BCUT2D eigenvalue weighted by Crippen LogP contribution is -2.33. The topological polar surface area (TPSA) is 12.0 Å². The molecule has 0 saturated heterocycles. The fourth-order valence-corrected chi connectivity index (χ4v) is 2.59. The lowest BCUT2D eigenvalue weighted by atomic mass is 9.81. The Morgan fingerprint density at radius 2 is 1.67 bits per heavy atom. The van der Waals surface area contributed by atoms with Gasteiger partial charge in [-0.15, -0.1) is 0 Å². The highest BCUT2D eigenvalue weighted by Crippen LogP contribution is 2.35. The van der Waals surface area contributed by atoms with Gasteiger partial charge in [-0.1, -0.05) is 55.8 Å². The number of halogens is 1. The van der Waals surface area contributed by atoms with Crippen molar-refractivity contribution >= 4 is 15.9 Å². The fourth-order valence-electron chi connectivity index (χ4n) is 2.36. The molecule has 0 saturated carbocycles. The van der Waals surface area contributed by atoms with Crippen LogP contribution in [-0.4, -0.2) is 6.54 Å². The number of rotatable bonds is 4. The van der Waals surface area contributed by atoms with E-state index in [2.05, 4.69) is 74.9 Å². The van der Waals surface area contributed by atoms with Crippen molar-refractivity contribution in [3.8, 4) is 0 Å². The Hall–Kier alpha value is -0.340. The summed E-state index contributed by atoms with van der Waals surface area (Å²) in [6.07, 6.45) is 1.17. The number of aryl methyl sites for hydroxylation is 2. The van der Waals surface area contributed by atoms with Gasteiger partial charge in [0.1, 0.15) is 0 Å². The van der Waals surface area contributed by atoms with Crippen LogP contribution in [0.2, 0.25) is 0 Å². The van der Waals surface area contributed by atoms with Crippen molar-refractivity contribution in [2.45, 2.75) is 54.0 Å². The second-order valence-corrected chi connectivity index (χ2v) is 7.01. The van der Waals surface area contributed by atoms with Crippen LogP contribution in [0.5, 0.6) is 0 Å². The Bertz CT molecular complexity index is 381. The van der Waals surface area contributed by atoms with Gasteiger partial charge in [-0.3, -0.25) is 0 Å². The first-order valence-corrected chi connectivity index (χ1v) is 7.56. The molecule has 0 aliphatic carbocycles. The first-order chi connectivity index (χ1) is 8.27. The van der Waals surface area contributed by atoms with E-state index in [1.165, 1.54) is 27.6 Å². The zero-order valence-electron chi connectivity index (χ0n) is 12.5. The predicted molar refractivity (Wildman–Crippen MR) is 84.1 cm³/mol. The average Bonchev–Trinajstić information content (AvgIpc) is 2.24. The van der Waals surface area contributed by atoms with Crippen LogP contribution < -0.4 is 5.32 Å². The van der Waals surface area contributed by atoms with Crippen molar-refractivity contribution in [2.75, 3.05) is 6.54 Å². The van der Waals surface area contributed by atoms with Crippen molar-refractivity contribution in [3.05, 3.63) is 33.3 Å². The van der Waals surface area contributed by atoms with Crippen LogP contribution in [0.3, 0.4) is 0 Å². The quantitative estimate of drug-likeness (QED) is 0.810. The summed E-state index contributed by atoms with van der Waals surface area (Å²) >= 11 is 3.65. The molecule has 0 amide bonds. The van der Waals surface area contributed by atoms with Crippen molar-refractivity contribution in [1.29, 1.82) is 0 Å². The molecule has 0 spiro atoms. The maximum absolute atomic E-state index is 3.68. The molecular formula is C16H26BrN. The van der Waals surface area contributed by atoms with Gasteiger partial charge in [0.05, 0.1) is 0 Å². The minimum absolute atomic E-state index is 0.224. The molecule has 18 heavy (non-hydrogen) atoms. The first kappa shape index (κ1) is 15.7. The van der Waals surface area contributed by atoms with Gasteiger partial charge in [0.15, 0.2) is 0 Å². The molecule has 0 bridgehead atoms. The lowest BCUT2D eigenvalue weighted by molar-refractivity contribution is 0.273. The van der Waals surface area contributed by atoms with Crippen LogP contribution in [0.1, 0.15) is 56.8 Å². The third-order valence-corrected chi connectivity index (χ3v) is 4.51. The van der Waals surface area contributed by atoms with E-state index >= 15 is 0 Å². The average molecular weight is 312 g/mol. The predicted octanol–water partition coefficient (Wildman–Crippen LogP) is 5.15. The molecule has 0 aliphatic rings. The molecule has 0 fully saturated rings. The standard InChI is InChI=1S/C16H26BrN/c1-7-8-18-15(16(4,5)6)13-9-11(2)14(17)12(3)10-13/h9-10,15,18H,7-8H2,1-6H3. The summed E-state index contributed by atoms with van der Waals surface area (Å²) in [5.41, 5.74) is 4.26. The smallest absolute Gasteiger partial charge is 0.0369 e. The molecule has 1 atom stereocenters. The van der Waals surface area contributed by atoms with Gasteiger partial charge in [-0.2, -0.15) is 0 Å². The molecule has 1 aromatic carbocycles. The minimum atomic E-state index is 0.224. The van der Waals surface area contributed by atoms with Crippen LogP contribution in [0.4, 0.5) is 0 Å². The molecular weight excluding hydrogens is 286 g/mol. The zero-order chi connectivity index (χ0) is 13.9. The van der Waals surface area contributed by atoms with Crippen molar-refractivity contribution in [2.24, 2.45) is 5.41 Å². The van der Waals surface area contributed by atoms with Gasteiger partial charge in [-0.05, 0) is 48.9 Å². The number of hydrogen-bond donors (Lipinski definition) is 1. The summed E-state index contributed by atoms with van der Waals surface area (Å²) in [6, 6.07) is 5.01. The van der Waals surface area contributed by atoms with E-state index in [1.54, 1.807) is 0 Å². The van der Waals surface area contributed by atoms with Crippen LogP contribution in [-0.2, 0) is 0 Å². The number of benzene rings is 1. The van der Waals surface area contributed by atoms with Gasteiger partial charge in [0.2, 0.25) is 0 Å². The van der Waals surface area contributed by atoms with E-state index in [4.69, 9.17) is 0 Å². The Morgan fingerprint density at radius 3 is 2.06 bits per heavy atom. The summed E-state index contributed by atoms with van der Waals surface area (Å²) in [5.74, 6) is 0. The molecule has 1 rings (SSSR count). The summed E-state index contributed by atoms with van der Waals surface area (Å²) in [7, 11) is 0. The highest BCUT2D eigenvalue weighted by molar-refractivity contribution is 9.10. The van der Waals surface area contributed by atoms with Gasteiger partial charge < -0.3 is 5.32 Å². The van der Waals surface area contributed by atoms with Crippen LogP contribution in [0.25, 0.3) is 0 Å².